The molecule has 2 aromatic heterocycles. The number of halogens is 4. The first kappa shape index (κ1) is 55.0. The summed E-state index contributed by atoms with van der Waals surface area (Å²) in [6, 6.07) is 10.1. The number of alkyl halides is 3. The van der Waals surface area contributed by atoms with Gasteiger partial charge in [-0.2, -0.15) is 13.2 Å². The molecular weight excluding hydrogens is 971 g/mol. The van der Waals surface area contributed by atoms with Crippen molar-refractivity contribution in [3.63, 3.8) is 0 Å². The Morgan fingerprint density at radius 1 is 1.00 bits per heavy atom. The topological polar surface area (TPSA) is 319 Å². The number of nitrogens with one attached hydrogen (secondary N) is 3. The molecule has 2 aromatic carbocycles. The SMILES string of the molecule is CC[C@@]1(O)C(=O)OCc2c1cc1n(c2=O)Cc2c-1nc1cc(F)c(C)c3c1c2[C@@H](NC(=O)CCN(CCO)CCN(CC(N)=O)C(=O)[C@H](Cc1ccccc1)NC(=O)CNC(=O)CN)CC3.O=C(O)C(F)(F)F. The van der Waals surface area contributed by atoms with Crippen LogP contribution >= 0.6 is 0 Å². The number of carbonyl (C=O) groups excluding carboxylic acids is 6. The maximum Gasteiger partial charge on any atom is 0.490 e. The number of hydrogen-bond acceptors (Lipinski definition) is 14. The number of aromatic nitrogens is 2. The van der Waals surface area contributed by atoms with Gasteiger partial charge in [0.25, 0.3) is 5.56 Å². The van der Waals surface area contributed by atoms with E-state index in [1.165, 1.54) is 15.5 Å². The number of aliphatic carboxylic acids is 1. The van der Waals surface area contributed by atoms with E-state index in [1.807, 2.05) is 0 Å². The molecule has 0 radical (unpaired) electrons. The van der Waals surface area contributed by atoms with Crippen molar-refractivity contribution in [2.75, 3.05) is 52.4 Å². The molecule has 3 aliphatic rings. The van der Waals surface area contributed by atoms with Gasteiger partial charge >= 0.3 is 18.1 Å². The molecule has 0 unspecified atom stereocenters. The average Bonchev–Trinajstić information content (AvgIpc) is 3.72. The number of fused-ring (bicyclic) bond motifs is 5. The van der Waals surface area contributed by atoms with Crippen LogP contribution in [0.15, 0.2) is 47.3 Å². The number of amides is 5. The first-order valence-electron chi connectivity index (χ1n) is 23.1. The molecule has 73 heavy (non-hydrogen) atoms. The number of nitrogens with zero attached hydrogens (tertiary/aromatic N) is 4. The Balaban J connectivity index is 0.00000116. The van der Waals surface area contributed by atoms with E-state index in [2.05, 4.69) is 16.0 Å². The molecule has 4 heterocycles. The van der Waals surface area contributed by atoms with Crippen LogP contribution in [0.4, 0.5) is 17.6 Å². The van der Waals surface area contributed by atoms with Crippen LogP contribution in [-0.4, -0.2) is 141 Å². The fourth-order valence-electron chi connectivity index (χ4n) is 9.19. The van der Waals surface area contributed by atoms with Crippen LogP contribution in [0.3, 0.4) is 0 Å². The molecule has 0 saturated carbocycles. The Hall–Kier alpha value is -7.35. The van der Waals surface area contributed by atoms with Gasteiger partial charge in [0, 0.05) is 61.6 Å². The van der Waals surface area contributed by atoms with E-state index in [0.29, 0.717) is 57.4 Å². The van der Waals surface area contributed by atoms with Gasteiger partial charge in [-0.15, -0.1) is 0 Å². The van der Waals surface area contributed by atoms with E-state index in [4.69, 9.17) is 31.1 Å². The number of benzene rings is 2. The minimum absolute atomic E-state index is 0.0412. The summed E-state index contributed by atoms with van der Waals surface area (Å²) >= 11 is 0. The van der Waals surface area contributed by atoms with Gasteiger partial charge < -0.3 is 56.9 Å². The number of aliphatic hydroxyl groups excluding tert-OH is 1. The van der Waals surface area contributed by atoms with Gasteiger partial charge in [0.2, 0.25) is 29.5 Å². The molecule has 3 atom stereocenters. The number of nitrogens with two attached hydrogens (primary N) is 2. The number of cyclic esters (lactones) is 1. The number of carboxylic acids is 1. The summed E-state index contributed by atoms with van der Waals surface area (Å²) in [7, 11) is 0. The highest BCUT2D eigenvalue weighted by atomic mass is 19.4. The molecule has 5 amide bonds. The van der Waals surface area contributed by atoms with E-state index < -0.39 is 83.9 Å². The number of esters is 1. The van der Waals surface area contributed by atoms with Gasteiger partial charge in [-0.1, -0.05) is 37.3 Å². The van der Waals surface area contributed by atoms with E-state index in [-0.39, 0.29) is 88.8 Å². The van der Waals surface area contributed by atoms with Gasteiger partial charge in [-0.05, 0) is 54.5 Å². The maximum atomic E-state index is 15.4. The van der Waals surface area contributed by atoms with Crippen LogP contribution in [0.5, 0.6) is 0 Å². The Labute approximate surface area is 413 Å². The van der Waals surface area contributed by atoms with Gasteiger partial charge in [0.05, 0.1) is 61.3 Å². The Kier molecular flexibility index (Phi) is 17.3. The molecule has 4 aromatic rings. The number of primary amides is 1. The van der Waals surface area contributed by atoms with Crippen LogP contribution in [0.25, 0.3) is 22.3 Å². The van der Waals surface area contributed by atoms with Gasteiger partial charge in [-0.3, -0.25) is 33.7 Å². The van der Waals surface area contributed by atoms with Crippen LogP contribution in [-0.2, 0) is 69.9 Å². The minimum atomic E-state index is -5.08. The smallest absolute Gasteiger partial charge is 0.475 e. The van der Waals surface area contributed by atoms with Crippen molar-refractivity contribution in [1.29, 1.82) is 0 Å². The van der Waals surface area contributed by atoms with E-state index in [9.17, 15) is 56.9 Å². The summed E-state index contributed by atoms with van der Waals surface area (Å²) in [6.45, 7) is 1.79. The van der Waals surface area contributed by atoms with Crippen LogP contribution in [0, 0.1) is 12.7 Å². The molecular formula is C48H55F4N9O12. The molecule has 21 nitrogen and oxygen atoms in total. The second kappa shape index (κ2) is 23.0. The van der Waals surface area contributed by atoms with Crippen LogP contribution in [0.1, 0.15) is 71.2 Å². The predicted molar refractivity (Wildman–Crippen MR) is 250 cm³/mol. The lowest BCUT2D eigenvalue weighted by atomic mass is 9.81. The summed E-state index contributed by atoms with van der Waals surface area (Å²) in [5, 5.41) is 37.3. The molecule has 1 aliphatic carbocycles. The molecule has 0 spiro atoms. The molecule has 392 valence electrons. The normalized spacial score (nSPS) is 16.7. The zero-order valence-electron chi connectivity index (χ0n) is 39.8. The highest BCUT2D eigenvalue weighted by molar-refractivity contribution is 5.95. The quantitative estimate of drug-likeness (QED) is 0.0401. The molecule has 7 rings (SSSR count). The van der Waals surface area contributed by atoms with Gasteiger partial charge in [-0.25, -0.2) is 19.0 Å². The molecule has 0 fully saturated rings. The Morgan fingerprint density at radius 2 is 1.70 bits per heavy atom. The first-order chi connectivity index (χ1) is 34.5. The summed E-state index contributed by atoms with van der Waals surface area (Å²) in [6.07, 6.45) is -4.29. The fraction of sp³-hybridized carbons (Fsp3) is 0.438. The van der Waals surface area contributed by atoms with E-state index in [0.717, 1.165) is 5.56 Å². The molecule has 2 aliphatic heterocycles. The summed E-state index contributed by atoms with van der Waals surface area (Å²) in [5.74, 6) is -7.07. The van der Waals surface area contributed by atoms with E-state index >= 15 is 4.39 Å². The van der Waals surface area contributed by atoms with Crippen LogP contribution in [0.2, 0.25) is 0 Å². The number of aryl methyl sites for hydroxylation is 1. The second-order valence-electron chi connectivity index (χ2n) is 17.6. The number of rotatable bonds is 19. The third-order valence-electron chi connectivity index (χ3n) is 12.9. The average molecular weight is 1030 g/mol. The van der Waals surface area contributed by atoms with Crippen molar-refractivity contribution in [2.45, 2.75) is 83.0 Å². The highest BCUT2D eigenvalue weighted by Crippen LogP contribution is 2.46. The summed E-state index contributed by atoms with van der Waals surface area (Å²) in [5.41, 5.74) is 13.0. The third-order valence-corrected chi connectivity index (χ3v) is 12.9. The van der Waals surface area contributed by atoms with Crippen molar-refractivity contribution in [3.8, 4) is 11.4 Å². The second-order valence-corrected chi connectivity index (χ2v) is 17.6. The minimum Gasteiger partial charge on any atom is -0.475 e. The number of aliphatic hydroxyl groups is 2. The van der Waals surface area contributed by atoms with Crippen molar-refractivity contribution >= 4 is 52.4 Å². The maximum absolute atomic E-state index is 15.4. The zero-order chi connectivity index (χ0) is 53.5. The lowest BCUT2D eigenvalue weighted by Crippen LogP contribution is -2.54. The molecule has 10 N–H and O–H groups in total. The molecule has 0 bridgehead atoms. The number of carboxylic acid groups (broad SMARTS) is 1. The van der Waals surface area contributed by atoms with Crippen molar-refractivity contribution in [3.05, 3.63) is 97.6 Å². The van der Waals surface area contributed by atoms with Crippen molar-refractivity contribution in [1.82, 2.24) is 35.3 Å². The number of carbonyl (C=O) groups is 7. The highest BCUT2D eigenvalue weighted by Gasteiger charge is 2.46. The lowest BCUT2D eigenvalue weighted by Gasteiger charge is -2.31. The van der Waals surface area contributed by atoms with Crippen molar-refractivity contribution in [2.24, 2.45) is 11.5 Å². The summed E-state index contributed by atoms with van der Waals surface area (Å²) < 4.78 is 53.9. The largest absolute Gasteiger partial charge is 0.490 e. The monoisotopic (exact) mass is 1030 g/mol. The van der Waals surface area contributed by atoms with E-state index in [1.54, 1.807) is 55.1 Å². The third kappa shape index (κ3) is 12.3. The standard InChI is InChI=1S/C46H54FN9O10.C2HF3O2/c1-3-46(65)30-18-35-42-28(22-56(35)43(62)29(30)24-66-45(46)64)41-32(10-9-27-25(2)31(47)19-33(53-42)40(27)41)51-37(59)11-12-54(15-16-57)13-14-55(23-36(49)58)44(63)34(17-26-7-5-4-6-8-26)52-39(61)21-50-38(60)20-48;3-2(4,5)1(6)7/h4-8,18-19,32,34,57,65H,3,9-17,20-24,48H2,1-2H3,(H2,49,58)(H,50,60)(H,51,59)(H,52,61);(H,6,7)/t32-,34-,46-;/m0./s1. The molecule has 0 saturated heterocycles. The Bertz CT molecular complexity index is 2880. The van der Waals surface area contributed by atoms with Gasteiger partial charge in [0.1, 0.15) is 18.5 Å². The van der Waals surface area contributed by atoms with Gasteiger partial charge in [0.15, 0.2) is 5.60 Å². The van der Waals surface area contributed by atoms with Crippen LogP contribution < -0.4 is 33.0 Å². The fourth-order valence-corrected chi connectivity index (χ4v) is 9.19. The van der Waals surface area contributed by atoms with Crippen molar-refractivity contribution < 1.29 is 71.2 Å². The number of pyridine rings is 2. The lowest BCUT2D eigenvalue weighted by molar-refractivity contribution is -0.192. The predicted octanol–water partition coefficient (Wildman–Crippen LogP) is 0.0646. The zero-order valence-corrected chi connectivity index (χ0v) is 39.8. The summed E-state index contributed by atoms with van der Waals surface area (Å²) in [4.78, 5) is 108. The number of hydrogen-bond donors (Lipinski definition) is 8. The molecule has 25 heteroatoms. The first-order valence-corrected chi connectivity index (χ1v) is 23.1. The number of ether oxygens (including phenoxy) is 1. The Morgan fingerprint density at radius 3 is 2.33 bits per heavy atom.